The number of hydrogen-bond acceptors (Lipinski definition) is 8. The van der Waals surface area contributed by atoms with Crippen LogP contribution >= 0.6 is 0 Å². The molecule has 37 heavy (non-hydrogen) atoms. The average molecular weight is 521 g/mol. The summed E-state index contributed by atoms with van der Waals surface area (Å²) in [5.74, 6) is -0.269. The summed E-state index contributed by atoms with van der Waals surface area (Å²) in [6.45, 7) is 2.78. The number of cyclic esters (lactones) is 1. The molecule has 5 rings (SSSR count). The Morgan fingerprint density at radius 1 is 1.19 bits per heavy atom. The van der Waals surface area contributed by atoms with Crippen molar-refractivity contribution in [2.45, 2.75) is 63.3 Å². The number of nitrogens with one attached hydrogen (secondary N) is 2. The summed E-state index contributed by atoms with van der Waals surface area (Å²) < 4.78 is 47.6. The van der Waals surface area contributed by atoms with Crippen LogP contribution in [0.4, 0.5) is 35.4 Å². The molecule has 2 fully saturated rings. The van der Waals surface area contributed by atoms with Crippen LogP contribution in [0.25, 0.3) is 0 Å². The van der Waals surface area contributed by atoms with Gasteiger partial charge in [-0.2, -0.15) is 23.3 Å². The molecule has 2 atom stereocenters. The number of rotatable bonds is 8. The van der Waals surface area contributed by atoms with Crippen LogP contribution in [0.5, 0.6) is 0 Å². The molecule has 3 aliphatic heterocycles. The van der Waals surface area contributed by atoms with E-state index < -0.39 is 17.8 Å². The molecule has 2 aromatic rings. The number of anilines is 3. The Morgan fingerprint density at radius 2 is 1.95 bits per heavy atom. The van der Waals surface area contributed by atoms with Crippen molar-refractivity contribution in [3.05, 3.63) is 36.0 Å². The number of hydrogen-bond donors (Lipinski definition) is 2. The van der Waals surface area contributed by atoms with Gasteiger partial charge in [-0.15, -0.1) is 0 Å². The number of carbonyl (C=O) groups is 1. The Bertz CT molecular complexity index is 1150. The van der Waals surface area contributed by atoms with Gasteiger partial charge in [-0.1, -0.05) is 0 Å². The number of nitrogens with zero attached hydrogens (tertiary/aromatic N) is 6. The van der Waals surface area contributed by atoms with Crippen molar-refractivity contribution in [1.82, 2.24) is 29.5 Å². The lowest BCUT2D eigenvalue weighted by Crippen LogP contribution is -2.40. The number of ether oxygens (including phenoxy) is 1. The van der Waals surface area contributed by atoms with E-state index in [1.807, 2.05) is 17.8 Å². The van der Waals surface area contributed by atoms with E-state index in [0.717, 1.165) is 24.7 Å². The van der Waals surface area contributed by atoms with Gasteiger partial charge in [0.15, 0.2) is 0 Å². The molecule has 3 aliphatic rings. The Morgan fingerprint density at radius 3 is 2.65 bits per heavy atom. The molecule has 10 nitrogen and oxygen atoms in total. The zero-order valence-corrected chi connectivity index (χ0v) is 20.8. The third-order valence-electron chi connectivity index (χ3n) is 7.45. The van der Waals surface area contributed by atoms with E-state index in [9.17, 15) is 18.0 Å². The lowest BCUT2D eigenvalue weighted by Gasteiger charge is -2.36. The van der Waals surface area contributed by atoms with Crippen LogP contribution in [0.3, 0.4) is 0 Å². The predicted molar refractivity (Wildman–Crippen MR) is 130 cm³/mol. The first-order chi connectivity index (χ1) is 17.7. The molecule has 0 radical (unpaired) electrons. The minimum Gasteiger partial charge on any atom is -0.418 e. The summed E-state index contributed by atoms with van der Waals surface area (Å²) >= 11 is 0. The van der Waals surface area contributed by atoms with E-state index in [1.54, 1.807) is 6.08 Å². The fourth-order valence-corrected chi connectivity index (χ4v) is 5.38. The van der Waals surface area contributed by atoms with Crippen LogP contribution < -0.4 is 10.6 Å². The Kier molecular flexibility index (Phi) is 6.97. The molecule has 0 aliphatic carbocycles. The van der Waals surface area contributed by atoms with Gasteiger partial charge in [0.1, 0.15) is 11.4 Å². The maximum Gasteiger partial charge on any atom is 0.421 e. The maximum absolute atomic E-state index is 13.6. The van der Waals surface area contributed by atoms with Crippen LogP contribution in [0.2, 0.25) is 0 Å². The highest BCUT2D eigenvalue weighted by Gasteiger charge is 2.39. The topological polar surface area (TPSA) is 100 Å². The Hall–Kier alpha value is -3.35. The smallest absolute Gasteiger partial charge is 0.418 e. The van der Waals surface area contributed by atoms with Crippen LogP contribution in [-0.2, 0) is 10.9 Å². The summed E-state index contributed by atoms with van der Waals surface area (Å²) in [5.41, 5.74) is 0.438. The van der Waals surface area contributed by atoms with Crippen molar-refractivity contribution in [1.29, 1.82) is 0 Å². The summed E-state index contributed by atoms with van der Waals surface area (Å²) in [4.78, 5) is 23.7. The van der Waals surface area contributed by atoms with Crippen molar-refractivity contribution >= 4 is 23.5 Å². The molecule has 2 saturated heterocycles. The van der Waals surface area contributed by atoms with Crippen LogP contribution in [0.15, 0.2) is 24.7 Å². The second-order valence-corrected chi connectivity index (χ2v) is 9.84. The molecular formula is C24H31F3N8O2. The van der Waals surface area contributed by atoms with E-state index in [1.165, 1.54) is 24.0 Å². The molecule has 0 spiro atoms. The highest BCUT2D eigenvalue weighted by Crippen LogP contribution is 2.40. The third-order valence-corrected chi connectivity index (χ3v) is 7.45. The van der Waals surface area contributed by atoms with Crippen LogP contribution in [-0.4, -0.2) is 74.4 Å². The number of aromatic nitrogens is 4. The average Bonchev–Trinajstić information content (AvgIpc) is 3.29. The van der Waals surface area contributed by atoms with Crippen molar-refractivity contribution in [3.63, 3.8) is 0 Å². The molecule has 2 N–H and O–H groups in total. The van der Waals surface area contributed by atoms with Gasteiger partial charge in [0.25, 0.3) is 0 Å². The van der Waals surface area contributed by atoms with Gasteiger partial charge >= 0.3 is 12.3 Å². The summed E-state index contributed by atoms with van der Waals surface area (Å²) in [7, 11) is 2.19. The fourth-order valence-electron chi connectivity index (χ4n) is 5.38. The van der Waals surface area contributed by atoms with Crippen molar-refractivity contribution < 1.29 is 22.7 Å². The van der Waals surface area contributed by atoms with Gasteiger partial charge in [-0.05, 0) is 52.2 Å². The summed E-state index contributed by atoms with van der Waals surface area (Å²) in [6.07, 6.45) is 5.49. The van der Waals surface area contributed by atoms with E-state index in [0.29, 0.717) is 43.3 Å². The highest BCUT2D eigenvalue weighted by atomic mass is 19.4. The SMILES string of the molecule is Cc1nn(C2CC3CCC(C2)N3C)cc1Nc1ncc(C(F)(F)F)c(NCCCN2CC=COC2=O)n1. The molecule has 1 amide bonds. The van der Waals surface area contributed by atoms with Crippen molar-refractivity contribution in [2.75, 3.05) is 37.3 Å². The van der Waals surface area contributed by atoms with E-state index in [2.05, 4.69) is 37.6 Å². The zero-order chi connectivity index (χ0) is 26.2. The summed E-state index contributed by atoms with van der Waals surface area (Å²) in [5, 5.41) is 10.5. The van der Waals surface area contributed by atoms with E-state index >= 15 is 0 Å². The van der Waals surface area contributed by atoms with Crippen molar-refractivity contribution in [2.24, 2.45) is 0 Å². The molecule has 0 saturated carbocycles. The fraction of sp³-hybridized carbons (Fsp3) is 0.583. The van der Waals surface area contributed by atoms with Crippen molar-refractivity contribution in [3.8, 4) is 0 Å². The standard InChI is InChI=1S/C24H31F3N8O2/c1-15-20(14-35(32-15)18-11-16-5-6-17(12-18)33(16)2)30-22-29-13-19(24(25,26)27)21(31-22)28-7-3-8-34-9-4-10-37-23(34)36/h4,10,13-14,16-18H,3,5-9,11-12H2,1-2H3,(H2,28,29,30,31). The van der Waals surface area contributed by atoms with Gasteiger partial charge in [0, 0.05) is 44.1 Å². The lowest BCUT2D eigenvalue weighted by atomic mass is 9.98. The first-order valence-corrected chi connectivity index (χ1v) is 12.5. The number of halogens is 3. The molecule has 2 aromatic heterocycles. The second kappa shape index (κ2) is 10.2. The lowest BCUT2D eigenvalue weighted by molar-refractivity contribution is -0.137. The minimum atomic E-state index is -4.61. The first-order valence-electron chi connectivity index (χ1n) is 12.5. The van der Waals surface area contributed by atoms with Gasteiger partial charge in [0.05, 0.1) is 23.7 Å². The molecule has 2 unspecified atom stereocenters. The van der Waals surface area contributed by atoms with E-state index in [4.69, 9.17) is 4.74 Å². The molecule has 5 heterocycles. The molecular weight excluding hydrogens is 489 g/mol. The van der Waals surface area contributed by atoms with Gasteiger partial charge < -0.3 is 25.2 Å². The van der Waals surface area contributed by atoms with Gasteiger partial charge in [-0.25, -0.2) is 9.78 Å². The molecule has 2 bridgehead atoms. The zero-order valence-electron chi connectivity index (χ0n) is 20.8. The number of fused-ring (bicyclic) bond motifs is 2. The quantitative estimate of drug-likeness (QED) is 0.497. The van der Waals surface area contributed by atoms with Gasteiger partial charge in [-0.3, -0.25) is 4.68 Å². The van der Waals surface area contributed by atoms with E-state index in [-0.39, 0.29) is 18.3 Å². The van der Waals surface area contributed by atoms with Crippen LogP contribution in [0, 0.1) is 6.92 Å². The number of piperidine rings is 1. The number of amides is 1. The number of aryl methyl sites for hydroxylation is 1. The minimum absolute atomic E-state index is 0.0475. The largest absolute Gasteiger partial charge is 0.421 e. The Balaban J connectivity index is 1.26. The van der Waals surface area contributed by atoms with Crippen LogP contribution in [0.1, 0.15) is 49.4 Å². The highest BCUT2D eigenvalue weighted by molar-refractivity contribution is 5.69. The maximum atomic E-state index is 13.6. The summed E-state index contributed by atoms with van der Waals surface area (Å²) in [6, 6.07) is 1.42. The third kappa shape index (κ3) is 5.50. The second-order valence-electron chi connectivity index (χ2n) is 9.84. The monoisotopic (exact) mass is 520 g/mol. The number of alkyl halides is 3. The first kappa shape index (κ1) is 25.3. The normalized spacial score (nSPS) is 23.9. The van der Waals surface area contributed by atoms with Gasteiger partial charge in [0.2, 0.25) is 5.95 Å². The predicted octanol–water partition coefficient (Wildman–Crippen LogP) is 4.31. The molecule has 0 aromatic carbocycles. The molecule has 200 valence electrons. The Labute approximate surface area is 212 Å². The number of carbonyl (C=O) groups excluding carboxylic acids is 1. The molecule has 13 heteroatoms.